The van der Waals surface area contributed by atoms with Crippen molar-refractivity contribution in [1.82, 2.24) is 0 Å². The molecule has 1 saturated heterocycles. The molecule has 1 fully saturated rings. The zero-order valence-electron chi connectivity index (χ0n) is 16.4. The van der Waals surface area contributed by atoms with Crippen molar-refractivity contribution in [1.29, 1.82) is 0 Å². The third kappa shape index (κ3) is 15.9. The lowest BCUT2D eigenvalue weighted by Crippen LogP contribution is -2.09. The molecule has 0 aromatic heterocycles. The largest absolute Gasteiger partial charge is 0.463 e. The Morgan fingerprint density at radius 3 is 1.96 bits per heavy atom. The molecule has 1 aliphatic heterocycles. The summed E-state index contributed by atoms with van der Waals surface area (Å²) in [6.07, 6.45) is 28.2. The minimum Gasteiger partial charge on any atom is -0.463 e. The van der Waals surface area contributed by atoms with E-state index in [9.17, 15) is 4.79 Å². The molecule has 146 valence electrons. The van der Waals surface area contributed by atoms with Crippen LogP contribution in [0.25, 0.3) is 0 Å². The first-order valence-electron chi connectivity index (χ1n) is 10.2. The fourth-order valence-electron chi connectivity index (χ4n) is 2.35. The second-order valence-electron chi connectivity index (χ2n) is 6.62. The predicted octanol–water partition coefficient (Wildman–Crippen LogP) is 6.07. The predicted molar refractivity (Wildman–Crippen MR) is 109 cm³/mol. The van der Waals surface area contributed by atoms with Gasteiger partial charge in [0.05, 0.1) is 6.61 Å². The summed E-state index contributed by atoms with van der Waals surface area (Å²) >= 11 is 0. The Labute approximate surface area is 159 Å². The first-order valence-corrected chi connectivity index (χ1v) is 10.2. The molecular weight excluding hydrogens is 324 g/mol. The summed E-state index contributed by atoms with van der Waals surface area (Å²) in [5, 5.41) is 0. The molecule has 0 radical (unpaired) electrons. The van der Waals surface area contributed by atoms with Gasteiger partial charge in [0, 0.05) is 6.42 Å². The van der Waals surface area contributed by atoms with E-state index in [1.165, 1.54) is 25.7 Å². The van der Waals surface area contributed by atoms with E-state index in [1.54, 1.807) is 0 Å². The summed E-state index contributed by atoms with van der Waals surface area (Å²) in [6, 6.07) is 0. The van der Waals surface area contributed by atoms with Gasteiger partial charge in [0.25, 0.3) is 0 Å². The Bertz CT molecular complexity index is 456. The van der Waals surface area contributed by atoms with Gasteiger partial charge in [-0.05, 0) is 44.9 Å². The molecule has 0 unspecified atom stereocenters. The van der Waals surface area contributed by atoms with E-state index in [1.807, 2.05) is 0 Å². The molecule has 1 heterocycles. The lowest BCUT2D eigenvalue weighted by atomic mass is 10.2. The zero-order chi connectivity index (χ0) is 18.7. The molecule has 1 rings (SSSR count). The number of allylic oxidation sites excluding steroid dienone is 8. The maximum Gasteiger partial charge on any atom is 0.305 e. The van der Waals surface area contributed by atoms with Crippen molar-refractivity contribution < 1.29 is 14.3 Å². The van der Waals surface area contributed by atoms with E-state index in [4.69, 9.17) is 9.47 Å². The summed E-state index contributed by atoms with van der Waals surface area (Å²) in [6.45, 7) is 3.39. The van der Waals surface area contributed by atoms with Crippen LogP contribution in [0.2, 0.25) is 0 Å². The van der Waals surface area contributed by atoms with Crippen LogP contribution < -0.4 is 0 Å². The van der Waals surface area contributed by atoms with Crippen LogP contribution in [0, 0.1) is 0 Å². The molecule has 0 bridgehead atoms. The van der Waals surface area contributed by atoms with E-state index in [0.29, 0.717) is 13.0 Å². The standard InChI is InChI=1S/C23H36O3/c1-2-3-4-5-6-7-8-9-10-11-12-13-14-15-16-17-18-19-23(24)26-21-22-20-25-22/h6-7,9-10,12-13,15-16,22H,2-5,8,11,14,17-21H2,1H3/b7-6-,10-9-,13-12-,16-15-/t22-/m0/s1. The Morgan fingerprint density at radius 1 is 0.885 bits per heavy atom. The third-order valence-corrected chi connectivity index (χ3v) is 4.04. The van der Waals surface area contributed by atoms with Gasteiger partial charge in [-0.15, -0.1) is 0 Å². The van der Waals surface area contributed by atoms with Gasteiger partial charge in [-0.2, -0.15) is 0 Å². The lowest BCUT2D eigenvalue weighted by Gasteiger charge is -2.00. The maximum absolute atomic E-state index is 11.4. The Hall–Kier alpha value is -1.61. The Morgan fingerprint density at radius 2 is 1.42 bits per heavy atom. The molecule has 1 atom stereocenters. The summed E-state index contributed by atoms with van der Waals surface area (Å²) in [4.78, 5) is 11.4. The van der Waals surface area contributed by atoms with Crippen LogP contribution in [0.4, 0.5) is 0 Å². The summed E-state index contributed by atoms with van der Waals surface area (Å²) < 4.78 is 10.1. The minimum atomic E-state index is -0.114. The SMILES string of the molecule is CCCCC/C=C\C/C=C\C/C=C\C/C=C\CCCC(=O)OC[C@@H]1CO1. The molecule has 0 spiro atoms. The number of carbonyl (C=O) groups excluding carboxylic acids is 1. The molecule has 0 amide bonds. The topological polar surface area (TPSA) is 38.8 Å². The van der Waals surface area contributed by atoms with Crippen molar-refractivity contribution >= 4 is 5.97 Å². The van der Waals surface area contributed by atoms with Gasteiger partial charge in [0.15, 0.2) is 0 Å². The van der Waals surface area contributed by atoms with E-state index in [-0.39, 0.29) is 12.1 Å². The molecule has 3 heteroatoms. The van der Waals surface area contributed by atoms with Crippen LogP contribution in [0.15, 0.2) is 48.6 Å². The van der Waals surface area contributed by atoms with Crippen molar-refractivity contribution in [3.8, 4) is 0 Å². The highest BCUT2D eigenvalue weighted by atomic mass is 16.6. The summed E-state index contributed by atoms with van der Waals surface area (Å²) in [5.74, 6) is -0.114. The smallest absolute Gasteiger partial charge is 0.305 e. The average molecular weight is 361 g/mol. The van der Waals surface area contributed by atoms with E-state index in [0.717, 1.165) is 38.7 Å². The molecule has 0 aliphatic carbocycles. The number of ether oxygens (including phenoxy) is 2. The van der Waals surface area contributed by atoms with Crippen molar-refractivity contribution in [3.63, 3.8) is 0 Å². The van der Waals surface area contributed by atoms with Crippen LogP contribution >= 0.6 is 0 Å². The molecule has 0 saturated carbocycles. The zero-order valence-corrected chi connectivity index (χ0v) is 16.4. The molecule has 3 nitrogen and oxygen atoms in total. The third-order valence-electron chi connectivity index (χ3n) is 4.04. The molecular formula is C23H36O3. The summed E-state index contributed by atoms with van der Waals surface area (Å²) in [7, 11) is 0. The number of rotatable bonds is 16. The minimum absolute atomic E-state index is 0.114. The highest BCUT2D eigenvalue weighted by molar-refractivity contribution is 5.69. The highest BCUT2D eigenvalue weighted by Gasteiger charge is 2.23. The van der Waals surface area contributed by atoms with E-state index < -0.39 is 0 Å². The van der Waals surface area contributed by atoms with Crippen LogP contribution in [-0.2, 0) is 14.3 Å². The van der Waals surface area contributed by atoms with Gasteiger partial charge >= 0.3 is 5.97 Å². The normalized spacial score (nSPS) is 17.2. The maximum atomic E-state index is 11.4. The lowest BCUT2D eigenvalue weighted by molar-refractivity contribution is -0.144. The number of hydrogen-bond acceptors (Lipinski definition) is 3. The fourth-order valence-corrected chi connectivity index (χ4v) is 2.35. The first-order chi connectivity index (χ1) is 12.8. The van der Waals surface area contributed by atoms with Crippen molar-refractivity contribution in [2.45, 2.75) is 77.2 Å². The average Bonchev–Trinajstić information content (AvgIpc) is 3.47. The summed E-state index contributed by atoms with van der Waals surface area (Å²) in [5.41, 5.74) is 0. The molecule has 26 heavy (non-hydrogen) atoms. The van der Waals surface area contributed by atoms with Gasteiger partial charge in [-0.1, -0.05) is 68.4 Å². The van der Waals surface area contributed by atoms with Crippen molar-refractivity contribution in [3.05, 3.63) is 48.6 Å². The number of epoxide rings is 1. The Balaban J connectivity index is 1.86. The Kier molecular flexibility index (Phi) is 14.5. The van der Waals surface area contributed by atoms with Crippen molar-refractivity contribution in [2.24, 2.45) is 0 Å². The van der Waals surface area contributed by atoms with Gasteiger partial charge in [-0.3, -0.25) is 4.79 Å². The monoisotopic (exact) mass is 360 g/mol. The molecule has 0 N–H and O–H groups in total. The number of carbonyl (C=O) groups is 1. The number of unbranched alkanes of at least 4 members (excludes halogenated alkanes) is 4. The van der Waals surface area contributed by atoms with Gasteiger partial charge < -0.3 is 9.47 Å². The molecule has 0 aromatic carbocycles. The quantitative estimate of drug-likeness (QED) is 0.145. The highest BCUT2D eigenvalue weighted by Crippen LogP contribution is 2.09. The van der Waals surface area contributed by atoms with Crippen LogP contribution in [0.5, 0.6) is 0 Å². The number of hydrogen-bond donors (Lipinski definition) is 0. The van der Waals surface area contributed by atoms with E-state index in [2.05, 4.69) is 55.5 Å². The van der Waals surface area contributed by atoms with Gasteiger partial charge in [0.2, 0.25) is 0 Å². The van der Waals surface area contributed by atoms with Crippen LogP contribution in [-0.4, -0.2) is 25.3 Å². The fraction of sp³-hybridized carbons (Fsp3) is 0.609. The van der Waals surface area contributed by atoms with Crippen LogP contribution in [0.3, 0.4) is 0 Å². The van der Waals surface area contributed by atoms with Gasteiger partial charge in [0.1, 0.15) is 12.7 Å². The second kappa shape index (κ2) is 16.8. The molecule has 0 aromatic rings. The van der Waals surface area contributed by atoms with E-state index >= 15 is 0 Å². The van der Waals surface area contributed by atoms with Gasteiger partial charge in [-0.25, -0.2) is 0 Å². The van der Waals surface area contributed by atoms with Crippen LogP contribution in [0.1, 0.15) is 71.1 Å². The second-order valence-corrected chi connectivity index (χ2v) is 6.62. The number of esters is 1. The molecule has 1 aliphatic rings. The van der Waals surface area contributed by atoms with Crippen molar-refractivity contribution in [2.75, 3.05) is 13.2 Å². The first kappa shape index (κ1) is 22.4.